The van der Waals surface area contributed by atoms with E-state index in [-0.39, 0.29) is 12.5 Å². The molecule has 33 heavy (non-hydrogen) atoms. The average Bonchev–Trinajstić information content (AvgIpc) is 2.85. The molecule has 1 aromatic heterocycles. The fraction of sp³-hybridized carbons (Fsp3) is 0.333. The molecule has 1 heterocycles. The van der Waals surface area contributed by atoms with Crippen molar-refractivity contribution in [1.29, 1.82) is 0 Å². The SMILES string of the molecule is CCN(CC)CC(O)CNC(=O)c1ccc(C)c(C#Cc2cnc(NC)c3ccccc23)c1. The smallest absolute Gasteiger partial charge is 0.251 e. The molecule has 3 N–H and O–H groups in total. The van der Waals surface area contributed by atoms with Crippen molar-refractivity contribution in [3.05, 3.63) is 70.9 Å². The summed E-state index contributed by atoms with van der Waals surface area (Å²) >= 11 is 0. The Hall–Kier alpha value is -3.40. The molecule has 2 aromatic carbocycles. The Balaban J connectivity index is 1.78. The van der Waals surface area contributed by atoms with Crippen LogP contribution in [0.5, 0.6) is 0 Å². The zero-order chi connectivity index (χ0) is 23.8. The molecule has 0 bridgehead atoms. The summed E-state index contributed by atoms with van der Waals surface area (Å²) in [5.41, 5.74) is 3.13. The van der Waals surface area contributed by atoms with Gasteiger partial charge in [0.15, 0.2) is 0 Å². The molecule has 6 nitrogen and oxygen atoms in total. The molecule has 3 rings (SSSR count). The predicted octanol–water partition coefficient (Wildman–Crippen LogP) is 3.42. The van der Waals surface area contributed by atoms with Gasteiger partial charge in [0.1, 0.15) is 5.82 Å². The largest absolute Gasteiger partial charge is 0.390 e. The van der Waals surface area contributed by atoms with Crippen LogP contribution in [0.15, 0.2) is 48.7 Å². The Morgan fingerprint density at radius 2 is 1.79 bits per heavy atom. The highest BCUT2D eigenvalue weighted by molar-refractivity contribution is 5.96. The van der Waals surface area contributed by atoms with Crippen LogP contribution in [0.25, 0.3) is 10.8 Å². The number of nitrogens with one attached hydrogen (secondary N) is 2. The van der Waals surface area contributed by atoms with Gasteiger partial charge in [-0.2, -0.15) is 0 Å². The van der Waals surface area contributed by atoms with Gasteiger partial charge < -0.3 is 20.6 Å². The van der Waals surface area contributed by atoms with E-state index >= 15 is 0 Å². The molecule has 172 valence electrons. The zero-order valence-electron chi connectivity index (χ0n) is 19.8. The molecule has 3 aromatic rings. The van der Waals surface area contributed by atoms with E-state index in [1.165, 1.54) is 0 Å². The molecular weight excluding hydrogens is 412 g/mol. The van der Waals surface area contributed by atoms with Gasteiger partial charge >= 0.3 is 0 Å². The van der Waals surface area contributed by atoms with Crippen molar-refractivity contribution in [3.8, 4) is 11.8 Å². The molecule has 0 radical (unpaired) electrons. The van der Waals surface area contributed by atoms with Crippen molar-refractivity contribution < 1.29 is 9.90 Å². The third-order valence-electron chi connectivity index (χ3n) is 5.73. The summed E-state index contributed by atoms with van der Waals surface area (Å²) in [6, 6.07) is 13.5. The maximum absolute atomic E-state index is 12.7. The number of amides is 1. The minimum atomic E-state index is -0.611. The second-order valence-electron chi connectivity index (χ2n) is 7.95. The highest BCUT2D eigenvalue weighted by Gasteiger charge is 2.12. The van der Waals surface area contributed by atoms with E-state index in [1.807, 2.05) is 44.3 Å². The van der Waals surface area contributed by atoms with Gasteiger partial charge in [0.05, 0.1) is 11.7 Å². The fourth-order valence-corrected chi connectivity index (χ4v) is 3.68. The number of aromatic nitrogens is 1. The van der Waals surface area contributed by atoms with Gasteiger partial charge in [-0.1, -0.05) is 56.0 Å². The van der Waals surface area contributed by atoms with Crippen molar-refractivity contribution in [2.45, 2.75) is 26.9 Å². The predicted molar refractivity (Wildman–Crippen MR) is 135 cm³/mol. The second-order valence-corrected chi connectivity index (χ2v) is 7.95. The molecule has 0 aliphatic carbocycles. The van der Waals surface area contributed by atoms with Crippen LogP contribution < -0.4 is 10.6 Å². The fourth-order valence-electron chi connectivity index (χ4n) is 3.68. The number of nitrogens with zero attached hydrogens (tertiary/aromatic N) is 2. The van der Waals surface area contributed by atoms with E-state index in [2.05, 4.69) is 46.2 Å². The lowest BCUT2D eigenvalue weighted by Crippen LogP contribution is -2.40. The molecule has 6 heteroatoms. The zero-order valence-corrected chi connectivity index (χ0v) is 19.8. The van der Waals surface area contributed by atoms with Crippen LogP contribution in [0.3, 0.4) is 0 Å². The number of likely N-dealkylation sites (N-methyl/N-ethyl adjacent to an activating group) is 1. The van der Waals surface area contributed by atoms with E-state index in [0.717, 1.165) is 46.4 Å². The molecule has 1 unspecified atom stereocenters. The number of pyridine rings is 1. The lowest BCUT2D eigenvalue weighted by atomic mass is 10.0. The topological polar surface area (TPSA) is 77.5 Å². The average molecular weight is 445 g/mol. The van der Waals surface area contributed by atoms with Gasteiger partial charge in [-0.05, 0) is 37.7 Å². The molecule has 1 atom stereocenters. The lowest BCUT2D eigenvalue weighted by molar-refractivity contribution is 0.0869. The van der Waals surface area contributed by atoms with Crippen LogP contribution >= 0.6 is 0 Å². The molecule has 0 saturated carbocycles. The van der Waals surface area contributed by atoms with E-state index in [9.17, 15) is 9.90 Å². The second kappa shape index (κ2) is 11.5. The van der Waals surface area contributed by atoms with Crippen molar-refractivity contribution >= 4 is 22.5 Å². The summed E-state index contributed by atoms with van der Waals surface area (Å²) in [6.07, 6.45) is 1.16. The molecule has 0 spiro atoms. The highest BCUT2D eigenvalue weighted by Crippen LogP contribution is 2.23. The Labute approximate surface area is 196 Å². The van der Waals surface area contributed by atoms with Crippen molar-refractivity contribution in [3.63, 3.8) is 0 Å². The third kappa shape index (κ3) is 6.10. The Morgan fingerprint density at radius 3 is 2.48 bits per heavy atom. The lowest BCUT2D eigenvalue weighted by Gasteiger charge is -2.22. The molecular formula is C27H32N4O2. The quantitative estimate of drug-likeness (QED) is 0.464. The Kier molecular flexibility index (Phi) is 8.42. The molecule has 0 fully saturated rings. The number of aryl methyl sites for hydroxylation is 1. The first-order valence-electron chi connectivity index (χ1n) is 11.3. The summed E-state index contributed by atoms with van der Waals surface area (Å²) in [6.45, 7) is 8.55. The first-order valence-corrected chi connectivity index (χ1v) is 11.3. The van der Waals surface area contributed by atoms with Crippen molar-refractivity contribution in [1.82, 2.24) is 15.2 Å². The number of aliphatic hydroxyl groups excluding tert-OH is 1. The Bertz CT molecular complexity index is 1180. The maximum Gasteiger partial charge on any atom is 0.251 e. The summed E-state index contributed by atoms with van der Waals surface area (Å²) in [4.78, 5) is 19.3. The number of hydrogen-bond donors (Lipinski definition) is 3. The first kappa shape index (κ1) is 24.2. The van der Waals surface area contributed by atoms with Gasteiger partial charge in [0.25, 0.3) is 5.91 Å². The van der Waals surface area contributed by atoms with Crippen LogP contribution in [-0.2, 0) is 0 Å². The molecule has 0 aliphatic rings. The first-order chi connectivity index (χ1) is 16.0. The minimum absolute atomic E-state index is 0.208. The summed E-state index contributed by atoms with van der Waals surface area (Å²) < 4.78 is 0. The van der Waals surface area contributed by atoms with Crippen LogP contribution in [0.2, 0.25) is 0 Å². The van der Waals surface area contributed by atoms with Gasteiger partial charge in [-0.15, -0.1) is 0 Å². The third-order valence-corrected chi connectivity index (χ3v) is 5.73. The van der Waals surface area contributed by atoms with E-state index in [0.29, 0.717) is 12.1 Å². The molecule has 1 amide bonds. The van der Waals surface area contributed by atoms with Gasteiger partial charge in [-0.3, -0.25) is 4.79 Å². The van der Waals surface area contributed by atoms with E-state index in [1.54, 1.807) is 18.3 Å². The monoisotopic (exact) mass is 444 g/mol. The number of rotatable bonds is 8. The number of fused-ring (bicyclic) bond motifs is 1. The summed E-state index contributed by atoms with van der Waals surface area (Å²) in [5, 5.41) is 18.2. The number of benzene rings is 2. The van der Waals surface area contributed by atoms with Crippen LogP contribution in [0.4, 0.5) is 5.82 Å². The summed E-state index contributed by atoms with van der Waals surface area (Å²) in [5.74, 6) is 7.04. The Morgan fingerprint density at radius 1 is 1.09 bits per heavy atom. The standard InChI is InChI=1S/C27H32N4O2/c1-5-31(6-2)18-23(32)17-30-27(33)21-12-11-19(3)20(15-21)13-14-22-16-29-26(28-4)25-10-8-7-9-24(22)25/h7-12,15-16,23,32H,5-6,17-18H2,1-4H3,(H,28,29)(H,30,33). The molecule has 0 aliphatic heterocycles. The summed E-state index contributed by atoms with van der Waals surface area (Å²) in [7, 11) is 1.85. The normalized spacial score (nSPS) is 11.7. The van der Waals surface area contributed by atoms with Gasteiger partial charge in [0, 0.05) is 48.2 Å². The van der Waals surface area contributed by atoms with Crippen LogP contribution in [0, 0.1) is 18.8 Å². The number of carbonyl (C=O) groups is 1. The minimum Gasteiger partial charge on any atom is -0.390 e. The number of anilines is 1. The number of carbonyl (C=O) groups excluding carboxylic acids is 1. The van der Waals surface area contributed by atoms with E-state index in [4.69, 9.17) is 0 Å². The number of hydrogen-bond acceptors (Lipinski definition) is 5. The van der Waals surface area contributed by atoms with Gasteiger partial charge in [0.2, 0.25) is 0 Å². The number of aliphatic hydroxyl groups is 1. The maximum atomic E-state index is 12.7. The van der Waals surface area contributed by atoms with E-state index < -0.39 is 6.10 Å². The highest BCUT2D eigenvalue weighted by atomic mass is 16.3. The van der Waals surface area contributed by atoms with Crippen LogP contribution in [-0.4, -0.2) is 60.2 Å². The van der Waals surface area contributed by atoms with Crippen molar-refractivity contribution in [2.24, 2.45) is 0 Å². The van der Waals surface area contributed by atoms with Gasteiger partial charge in [-0.25, -0.2) is 4.98 Å². The van der Waals surface area contributed by atoms with Crippen LogP contribution in [0.1, 0.15) is 40.9 Å². The molecule has 0 saturated heterocycles. The van der Waals surface area contributed by atoms with Crippen molar-refractivity contribution in [2.75, 3.05) is 38.5 Å².